The normalized spacial score (nSPS) is 14.1. The van der Waals surface area contributed by atoms with E-state index in [0.29, 0.717) is 11.5 Å². The topological polar surface area (TPSA) is 65.1 Å². The zero-order chi connectivity index (χ0) is 13.8. The molecule has 3 N–H and O–H groups in total. The zero-order valence-electron chi connectivity index (χ0n) is 12.6. The van der Waals surface area contributed by atoms with E-state index in [9.17, 15) is 5.26 Å². The van der Waals surface area contributed by atoms with Crippen LogP contribution in [0.25, 0.3) is 0 Å². The summed E-state index contributed by atoms with van der Waals surface area (Å²) in [6.45, 7) is 8.19. The smallest absolute Gasteiger partial charge is 0.101 e. The van der Waals surface area contributed by atoms with E-state index in [1.165, 1.54) is 0 Å². The molecule has 4 nitrogen and oxygen atoms in total. The number of halogens is 2. The van der Waals surface area contributed by atoms with Gasteiger partial charge in [0.1, 0.15) is 6.07 Å². The van der Waals surface area contributed by atoms with Crippen LogP contribution in [-0.2, 0) is 6.42 Å². The van der Waals surface area contributed by atoms with Crippen LogP contribution in [0, 0.1) is 17.2 Å². The van der Waals surface area contributed by atoms with Gasteiger partial charge in [0.2, 0.25) is 0 Å². The lowest BCUT2D eigenvalue weighted by molar-refractivity contribution is 0.588. The highest BCUT2D eigenvalue weighted by molar-refractivity contribution is 5.85. The number of piperazine rings is 1. The van der Waals surface area contributed by atoms with Gasteiger partial charge < -0.3 is 16.0 Å². The molecule has 0 radical (unpaired) electrons. The molecule has 118 valence electrons. The number of benzene rings is 1. The minimum absolute atomic E-state index is 0. The number of nitrogen functional groups attached to an aromatic ring is 1. The van der Waals surface area contributed by atoms with Crippen LogP contribution in [0.1, 0.15) is 25.0 Å². The third kappa shape index (κ3) is 4.96. The number of anilines is 2. The Morgan fingerprint density at radius 3 is 2.43 bits per heavy atom. The number of nitrogens with one attached hydrogen (secondary N) is 1. The lowest BCUT2D eigenvalue weighted by Crippen LogP contribution is -2.43. The summed E-state index contributed by atoms with van der Waals surface area (Å²) in [4.78, 5) is 2.28. The second-order valence-electron chi connectivity index (χ2n) is 5.51. The summed E-state index contributed by atoms with van der Waals surface area (Å²) >= 11 is 0. The van der Waals surface area contributed by atoms with Gasteiger partial charge in [-0.3, -0.25) is 0 Å². The fourth-order valence-corrected chi connectivity index (χ4v) is 2.52. The van der Waals surface area contributed by atoms with Gasteiger partial charge in [-0.2, -0.15) is 5.26 Å². The van der Waals surface area contributed by atoms with E-state index >= 15 is 0 Å². The van der Waals surface area contributed by atoms with Gasteiger partial charge in [0.25, 0.3) is 0 Å². The number of hydrogen-bond acceptors (Lipinski definition) is 4. The van der Waals surface area contributed by atoms with Crippen molar-refractivity contribution >= 4 is 36.2 Å². The molecule has 0 saturated carbocycles. The van der Waals surface area contributed by atoms with Gasteiger partial charge in [-0.05, 0) is 30.0 Å². The SMILES string of the molecule is CC(C)Cc1cc(N2CCNCC2)c(C#N)cc1N.Cl.Cl. The van der Waals surface area contributed by atoms with Crippen LogP contribution in [0.3, 0.4) is 0 Å². The lowest BCUT2D eigenvalue weighted by Gasteiger charge is -2.30. The van der Waals surface area contributed by atoms with Crippen molar-refractivity contribution < 1.29 is 0 Å². The van der Waals surface area contributed by atoms with Crippen molar-refractivity contribution in [2.45, 2.75) is 20.3 Å². The first-order chi connectivity index (χ1) is 9.11. The van der Waals surface area contributed by atoms with Crippen molar-refractivity contribution in [1.82, 2.24) is 5.32 Å². The third-order valence-corrected chi connectivity index (χ3v) is 3.46. The molecule has 1 aromatic rings. The molecule has 21 heavy (non-hydrogen) atoms. The highest BCUT2D eigenvalue weighted by Gasteiger charge is 2.16. The Morgan fingerprint density at radius 2 is 1.90 bits per heavy atom. The first-order valence-electron chi connectivity index (χ1n) is 6.90. The molecule has 1 fully saturated rings. The van der Waals surface area contributed by atoms with Crippen molar-refractivity contribution in [3.63, 3.8) is 0 Å². The van der Waals surface area contributed by atoms with E-state index in [4.69, 9.17) is 5.73 Å². The fraction of sp³-hybridized carbons (Fsp3) is 0.533. The van der Waals surface area contributed by atoms with E-state index in [-0.39, 0.29) is 24.8 Å². The molecule has 0 aromatic heterocycles. The Hall–Kier alpha value is -1.15. The van der Waals surface area contributed by atoms with E-state index in [1.807, 2.05) is 6.07 Å². The minimum Gasteiger partial charge on any atom is -0.398 e. The largest absolute Gasteiger partial charge is 0.398 e. The van der Waals surface area contributed by atoms with Gasteiger partial charge in [-0.15, -0.1) is 24.8 Å². The highest BCUT2D eigenvalue weighted by Crippen LogP contribution is 2.28. The highest BCUT2D eigenvalue weighted by atomic mass is 35.5. The molecule has 1 heterocycles. The van der Waals surface area contributed by atoms with Crippen molar-refractivity contribution in [3.05, 3.63) is 23.3 Å². The maximum Gasteiger partial charge on any atom is 0.101 e. The zero-order valence-corrected chi connectivity index (χ0v) is 14.2. The van der Waals surface area contributed by atoms with Crippen LogP contribution in [0.5, 0.6) is 0 Å². The first-order valence-corrected chi connectivity index (χ1v) is 6.90. The number of rotatable bonds is 3. The molecule has 1 aliphatic heterocycles. The molecule has 1 aliphatic rings. The number of nitriles is 1. The van der Waals surface area contributed by atoms with Gasteiger partial charge >= 0.3 is 0 Å². The summed E-state index contributed by atoms with van der Waals surface area (Å²) < 4.78 is 0. The van der Waals surface area contributed by atoms with Crippen LogP contribution in [-0.4, -0.2) is 26.2 Å². The molecule has 1 saturated heterocycles. The van der Waals surface area contributed by atoms with Crippen LogP contribution in [0.4, 0.5) is 11.4 Å². The summed E-state index contributed by atoms with van der Waals surface area (Å²) in [7, 11) is 0. The molecule has 0 spiro atoms. The summed E-state index contributed by atoms with van der Waals surface area (Å²) in [6.07, 6.45) is 0.955. The van der Waals surface area contributed by atoms with Gasteiger partial charge in [-0.1, -0.05) is 13.8 Å². The second kappa shape index (κ2) is 8.99. The first kappa shape index (κ1) is 19.9. The van der Waals surface area contributed by atoms with Gasteiger partial charge in [-0.25, -0.2) is 0 Å². The van der Waals surface area contributed by atoms with Crippen LogP contribution >= 0.6 is 24.8 Å². The molecular formula is C15H24Cl2N4. The van der Waals surface area contributed by atoms with E-state index in [0.717, 1.165) is 49.5 Å². The summed E-state index contributed by atoms with van der Waals surface area (Å²) in [5.74, 6) is 0.561. The Kier molecular flexibility index (Phi) is 8.50. The Labute approximate surface area is 139 Å². The van der Waals surface area contributed by atoms with Gasteiger partial charge in [0, 0.05) is 31.9 Å². The Balaban J connectivity index is 0.00000200. The average molecular weight is 331 g/mol. The van der Waals surface area contributed by atoms with Crippen LogP contribution < -0.4 is 16.0 Å². The van der Waals surface area contributed by atoms with Crippen molar-refractivity contribution in [2.24, 2.45) is 5.92 Å². The van der Waals surface area contributed by atoms with Gasteiger partial charge in [0.05, 0.1) is 11.3 Å². The molecule has 0 aliphatic carbocycles. The van der Waals surface area contributed by atoms with Crippen LogP contribution in [0.15, 0.2) is 12.1 Å². The van der Waals surface area contributed by atoms with E-state index in [1.54, 1.807) is 0 Å². The number of nitrogens with two attached hydrogens (primary N) is 1. The predicted molar refractivity (Wildman–Crippen MR) is 93.7 cm³/mol. The number of hydrogen-bond donors (Lipinski definition) is 2. The molecule has 6 heteroatoms. The standard InChI is InChI=1S/C15H22N4.2ClH/c1-11(2)7-12-9-15(13(10-16)8-14(12)17)19-5-3-18-4-6-19;;/h8-9,11,18H,3-7,17H2,1-2H3;2*1H. The van der Waals surface area contributed by atoms with Gasteiger partial charge in [0.15, 0.2) is 0 Å². The van der Waals surface area contributed by atoms with Crippen molar-refractivity contribution in [2.75, 3.05) is 36.8 Å². The summed E-state index contributed by atoms with van der Waals surface area (Å²) in [6, 6.07) is 6.21. The maximum atomic E-state index is 9.30. The molecule has 0 atom stereocenters. The molecule has 0 bridgehead atoms. The molecular weight excluding hydrogens is 307 g/mol. The summed E-state index contributed by atoms with van der Waals surface area (Å²) in [5, 5.41) is 12.6. The molecule has 1 aromatic carbocycles. The third-order valence-electron chi connectivity index (χ3n) is 3.46. The molecule has 2 rings (SSSR count). The fourth-order valence-electron chi connectivity index (χ4n) is 2.52. The Morgan fingerprint density at radius 1 is 1.29 bits per heavy atom. The predicted octanol–water partition coefficient (Wildman–Crippen LogP) is 2.59. The summed E-state index contributed by atoms with van der Waals surface area (Å²) in [5.41, 5.74) is 9.68. The molecule has 0 amide bonds. The average Bonchev–Trinajstić information content (AvgIpc) is 2.41. The van der Waals surface area contributed by atoms with E-state index < -0.39 is 0 Å². The maximum absolute atomic E-state index is 9.30. The Bertz CT molecular complexity index is 491. The van der Waals surface area contributed by atoms with E-state index in [2.05, 4.69) is 36.2 Å². The second-order valence-corrected chi connectivity index (χ2v) is 5.51. The number of nitrogens with zero attached hydrogens (tertiary/aromatic N) is 2. The van der Waals surface area contributed by atoms with Crippen molar-refractivity contribution in [1.29, 1.82) is 5.26 Å². The molecule has 0 unspecified atom stereocenters. The minimum atomic E-state index is 0. The van der Waals surface area contributed by atoms with Crippen molar-refractivity contribution in [3.8, 4) is 6.07 Å². The lowest BCUT2D eigenvalue weighted by atomic mass is 9.98. The quantitative estimate of drug-likeness (QED) is 0.836. The van der Waals surface area contributed by atoms with Crippen LogP contribution in [0.2, 0.25) is 0 Å². The monoisotopic (exact) mass is 330 g/mol.